The fraction of sp³-hybridized carbons (Fsp3) is 0.760. The van der Waals surface area contributed by atoms with Gasteiger partial charge in [-0.25, -0.2) is 0 Å². The highest BCUT2D eigenvalue weighted by Gasteiger charge is 2.26. The van der Waals surface area contributed by atoms with E-state index >= 15 is 0 Å². The van der Waals surface area contributed by atoms with Gasteiger partial charge < -0.3 is 10.4 Å². The summed E-state index contributed by atoms with van der Waals surface area (Å²) >= 11 is 0. The van der Waals surface area contributed by atoms with Crippen molar-refractivity contribution in [3.8, 4) is 5.75 Å². The molecule has 1 aromatic rings. The summed E-state index contributed by atoms with van der Waals surface area (Å²) < 4.78 is 0. The van der Waals surface area contributed by atoms with Gasteiger partial charge in [0, 0.05) is 6.04 Å². The lowest BCUT2D eigenvalue weighted by atomic mass is 9.78. The molecule has 1 atom stereocenters. The van der Waals surface area contributed by atoms with E-state index in [1.54, 1.807) is 0 Å². The van der Waals surface area contributed by atoms with Crippen LogP contribution in [-0.4, -0.2) is 17.7 Å². The molecule has 0 aliphatic rings. The summed E-state index contributed by atoms with van der Waals surface area (Å²) in [5.74, 6) is 1.29. The lowest BCUT2D eigenvalue weighted by Crippen LogP contribution is -2.27. The van der Waals surface area contributed by atoms with Crippen LogP contribution in [0.3, 0.4) is 0 Å². The van der Waals surface area contributed by atoms with Gasteiger partial charge in [-0.1, -0.05) is 80.4 Å². The normalized spacial score (nSPS) is 14.0. The number of rotatable bonds is 9. The maximum absolute atomic E-state index is 10.8. The summed E-state index contributed by atoms with van der Waals surface area (Å²) in [7, 11) is 0. The molecule has 0 heterocycles. The molecule has 1 rings (SSSR count). The zero-order valence-electron chi connectivity index (χ0n) is 19.5. The number of phenolic OH excluding ortho intramolecular Hbond substituents is 1. The second-order valence-electron chi connectivity index (χ2n) is 10.8. The highest BCUT2D eigenvalue weighted by Crippen LogP contribution is 2.39. The van der Waals surface area contributed by atoms with Crippen molar-refractivity contribution >= 4 is 0 Å². The van der Waals surface area contributed by atoms with Gasteiger partial charge in [0.15, 0.2) is 0 Å². The van der Waals surface area contributed by atoms with Gasteiger partial charge in [-0.2, -0.15) is 0 Å². The van der Waals surface area contributed by atoms with E-state index in [1.807, 2.05) is 0 Å². The molecule has 0 aromatic heterocycles. The van der Waals surface area contributed by atoms with Crippen molar-refractivity contribution in [1.29, 1.82) is 0 Å². The Morgan fingerprint density at radius 3 is 1.81 bits per heavy atom. The molecule has 1 unspecified atom stereocenters. The number of hydrogen-bond acceptors (Lipinski definition) is 2. The number of hydrogen-bond donors (Lipinski definition) is 2. The third-order valence-corrected chi connectivity index (χ3v) is 5.34. The molecule has 0 saturated carbocycles. The second-order valence-corrected chi connectivity index (χ2v) is 10.8. The fourth-order valence-electron chi connectivity index (χ4n) is 3.56. The van der Waals surface area contributed by atoms with E-state index in [0.29, 0.717) is 11.8 Å². The average Bonchev–Trinajstić information content (AvgIpc) is 2.50. The molecular weight excluding hydrogens is 330 g/mol. The highest BCUT2D eigenvalue weighted by molar-refractivity contribution is 5.49. The van der Waals surface area contributed by atoms with Crippen molar-refractivity contribution in [2.24, 2.45) is 5.92 Å². The maximum Gasteiger partial charge on any atom is 0.123 e. The van der Waals surface area contributed by atoms with Crippen molar-refractivity contribution in [3.05, 3.63) is 28.8 Å². The molecule has 27 heavy (non-hydrogen) atoms. The minimum atomic E-state index is -0.0523. The maximum atomic E-state index is 10.8. The molecule has 0 aliphatic heterocycles. The standard InChI is InChI=1S/C25H45NO/c1-18(2)12-10-13-19(3)26-15-11-14-20-16-21(24(4,5)6)23(27)22(17-20)25(7,8)9/h16-19,26-27H,10-15H2,1-9H3. The van der Waals surface area contributed by atoms with Crippen LogP contribution in [0.4, 0.5) is 0 Å². The zero-order chi connectivity index (χ0) is 20.8. The summed E-state index contributed by atoms with van der Waals surface area (Å²) in [5.41, 5.74) is 3.38. The van der Waals surface area contributed by atoms with E-state index in [-0.39, 0.29) is 10.8 Å². The SMILES string of the molecule is CC(C)CCCC(C)NCCCc1cc(C(C)(C)C)c(O)c(C(C)(C)C)c1. The Hall–Kier alpha value is -1.02. The van der Waals surface area contributed by atoms with E-state index in [4.69, 9.17) is 0 Å². The highest BCUT2D eigenvalue weighted by atomic mass is 16.3. The first-order valence-electron chi connectivity index (χ1n) is 10.9. The van der Waals surface area contributed by atoms with Crippen molar-refractivity contribution < 1.29 is 5.11 Å². The zero-order valence-corrected chi connectivity index (χ0v) is 19.5. The van der Waals surface area contributed by atoms with Crippen LogP contribution in [0, 0.1) is 5.92 Å². The predicted octanol–water partition coefficient (Wildman–Crippen LogP) is 6.72. The molecule has 0 radical (unpaired) electrons. The number of aromatic hydroxyl groups is 1. The number of aryl methyl sites for hydroxylation is 1. The lowest BCUT2D eigenvalue weighted by molar-refractivity contribution is 0.422. The van der Waals surface area contributed by atoms with Crippen LogP contribution in [0.15, 0.2) is 12.1 Å². The number of benzene rings is 1. The molecule has 2 nitrogen and oxygen atoms in total. The molecule has 0 amide bonds. The third-order valence-electron chi connectivity index (χ3n) is 5.34. The van der Waals surface area contributed by atoms with Crippen molar-refractivity contribution in [2.45, 2.75) is 111 Å². The van der Waals surface area contributed by atoms with E-state index in [2.05, 4.69) is 79.8 Å². The quantitative estimate of drug-likeness (QED) is 0.469. The van der Waals surface area contributed by atoms with E-state index in [9.17, 15) is 5.11 Å². The minimum absolute atomic E-state index is 0.0523. The van der Waals surface area contributed by atoms with E-state index in [0.717, 1.165) is 36.4 Å². The Morgan fingerprint density at radius 1 is 0.852 bits per heavy atom. The molecule has 1 aromatic carbocycles. The van der Waals surface area contributed by atoms with E-state index < -0.39 is 0 Å². The molecule has 156 valence electrons. The average molecular weight is 376 g/mol. The van der Waals surface area contributed by atoms with Gasteiger partial charge in [-0.15, -0.1) is 0 Å². The van der Waals surface area contributed by atoms with Gasteiger partial charge >= 0.3 is 0 Å². The lowest BCUT2D eigenvalue weighted by Gasteiger charge is -2.28. The summed E-state index contributed by atoms with van der Waals surface area (Å²) in [6.07, 6.45) is 6.09. The van der Waals surface area contributed by atoms with Gasteiger partial charge in [0.2, 0.25) is 0 Å². The third kappa shape index (κ3) is 8.25. The molecule has 0 aliphatic carbocycles. The van der Waals surface area contributed by atoms with Gasteiger partial charge in [0.25, 0.3) is 0 Å². The Kier molecular flexibility index (Phi) is 8.86. The van der Waals surface area contributed by atoms with Crippen LogP contribution in [0.1, 0.15) is 105 Å². The van der Waals surface area contributed by atoms with Gasteiger partial charge in [0.1, 0.15) is 5.75 Å². The van der Waals surface area contributed by atoms with E-state index in [1.165, 1.54) is 24.8 Å². The Balaban J connectivity index is 2.70. The van der Waals surface area contributed by atoms with Crippen LogP contribution in [-0.2, 0) is 17.3 Å². The van der Waals surface area contributed by atoms with Crippen LogP contribution in [0.25, 0.3) is 0 Å². The minimum Gasteiger partial charge on any atom is -0.507 e. The monoisotopic (exact) mass is 375 g/mol. The summed E-state index contributed by atoms with van der Waals surface area (Å²) in [4.78, 5) is 0. The van der Waals surface area contributed by atoms with Gasteiger partial charge in [-0.3, -0.25) is 0 Å². The van der Waals surface area contributed by atoms with Gasteiger partial charge in [0.05, 0.1) is 0 Å². The summed E-state index contributed by atoms with van der Waals surface area (Å²) in [5, 5.41) is 14.5. The molecule has 2 heteroatoms. The Morgan fingerprint density at radius 2 is 1.37 bits per heavy atom. The molecule has 0 bridgehead atoms. The molecule has 2 N–H and O–H groups in total. The van der Waals surface area contributed by atoms with Crippen LogP contribution < -0.4 is 5.32 Å². The molecule has 0 saturated heterocycles. The van der Waals surface area contributed by atoms with Crippen molar-refractivity contribution in [1.82, 2.24) is 5.32 Å². The first-order valence-corrected chi connectivity index (χ1v) is 10.9. The smallest absolute Gasteiger partial charge is 0.123 e. The second kappa shape index (κ2) is 9.96. The number of nitrogens with one attached hydrogen (secondary N) is 1. The first kappa shape index (κ1) is 24.0. The van der Waals surface area contributed by atoms with Crippen molar-refractivity contribution in [3.63, 3.8) is 0 Å². The number of phenols is 1. The Labute approximate surface area is 169 Å². The molecular formula is C25H45NO. The Bertz CT molecular complexity index is 540. The molecule has 0 fully saturated rings. The van der Waals surface area contributed by atoms with Gasteiger partial charge in [-0.05, 0) is 66.2 Å². The van der Waals surface area contributed by atoms with Crippen LogP contribution in [0.5, 0.6) is 5.75 Å². The first-order chi connectivity index (χ1) is 12.3. The molecule has 0 spiro atoms. The fourth-order valence-corrected chi connectivity index (χ4v) is 3.56. The predicted molar refractivity (Wildman–Crippen MR) is 120 cm³/mol. The summed E-state index contributed by atoms with van der Waals surface area (Å²) in [6.45, 7) is 21.0. The van der Waals surface area contributed by atoms with Crippen LogP contribution in [0.2, 0.25) is 0 Å². The van der Waals surface area contributed by atoms with Crippen molar-refractivity contribution in [2.75, 3.05) is 6.54 Å². The summed E-state index contributed by atoms with van der Waals surface area (Å²) in [6, 6.07) is 5.03. The topological polar surface area (TPSA) is 32.3 Å². The largest absolute Gasteiger partial charge is 0.507 e. The van der Waals surface area contributed by atoms with Crippen LogP contribution >= 0.6 is 0 Å².